The molecule has 7 nitrogen and oxygen atoms in total. The van der Waals surface area contributed by atoms with Gasteiger partial charge in [-0.15, -0.1) is 0 Å². The first kappa shape index (κ1) is 24.8. The first-order chi connectivity index (χ1) is 17.2. The van der Waals surface area contributed by atoms with E-state index in [1.54, 1.807) is 0 Å². The predicted octanol–water partition coefficient (Wildman–Crippen LogP) is 5.48. The van der Waals surface area contributed by atoms with Gasteiger partial charge in [0.2, 0.25) is 5.95 Å². The van der Waals surface area contributed by atoms with Crippen LogP contribution in [0, 0.1) is 0 Å². The molecule has 2 aliphatic heterocycles. The van der Waals surface area contributed by atoms with E-state index >= 15 is 0 Å². The molecular formula is C26H30ClN7S. The van der Waals surface area contributed by atoms with Gasteiger partial charge < -0.3 is 25.8 Å². The highest BCUT2D eigenvalue weighted by Gasteiger charge is 2.14. The van der Waals surface area contributed by atoms with E-state index in [-0.39, 0.29) is 0 Å². The van der Waals surface area contributed by atoms with Gasteiger partial charge in [-0.1, -0.05) is 35.9 Å². The zero-order valence-corrected chi connectivity index (χ0v) is 21.1. The summed E-state index contributed by atoms with van der Waals surface area (Å²) in [6.07, 6.45) is 19.5. The Balaban J connectivity index is 1.22. The fourth-order valence-corrected chi connectivity index (χ4v) is 3.94. The van der Waals surface area contributed by atoms with E-state index in [1.165, 1.54) is 0 Å². The molecule has 0 radical (unpaired) electrons. The number of hydrogen-bond donors (Lipinski definition) is 3. The van der Waals surface area contributed by atoms with Crippen molar-refractivity contribution in [3.8, 4) is 0 Å². The number of nitrogens with zero attached hydrogens (tertiary/aromatic N) is 4. The number of hydrogen-bond acceptors (Lipinski definition) is 6. The lowest BCUT2D eigenvalue weighted by Gasteiger charge is -2.24. The van der Waals surface area contributed by atoms with Gasteiger partial charge in [0.15, 0.2) is 5.11 Å². The van der Waals surface area contributed by atoms with Crippen LogP contribution in [0.5, 0.6) is 0 Å². The van der Waals surface area contributed by atoms with Crippen molar-refractivity contribution in [2.24, 2.45) is 0 Å². The molecule has 3 heterocycles. The molecule has 3 N–H and O–H groups in total. The van der Waals surface area contributed by atoms with Crippen molar-refractivity contribution in [3.05, 3.63) is 84.2 Å². The Morgan fingerprint density at radius 2 is 1.60 bits per heavy atom. The molecule has 2 aromatic rings. The smallest absolute Gasteiger partial charge is 0.233 e. The summed E-state index contributed by atoms with van der Waals surface area (Å²) in [6, 6.07) is 9.50. The van der Waals surface area contributed by atoms with Crippen molar-refractivity contribution in [2.45, 2.75) is 19.3 Å². The molecule has 0 bridgehead atoms. The SMILES string of the molecule is S=C(NCCCCCNc1cc(N2C=CC=CC2)nc(N2C=CC=CC2)n1)Nc1ccc(Cl)cc1. The summed E-state index contributed by atoms with van der Waals surface area (Å²) in [6.45, 7) is 3.22. The van der Waals surface area contributed by atoms with Gasteiger partial charge in [-0.3, -0.25) is 0 Å². The topological polar surface area (TPSA) is 68.3 Å². The number of benzene rings is 1. The fraction of sp³-hybridized carbons (Fsp3) is 0.269. The lowest BCUT2D eigenvalue weighted by molar-refractivity contribution is 0.681. The van der Waals surface area contributed by atoms with E-state index in [9.17, 15) is 0 Å². The number of unbranched alkanes of at least 4 members (excludes halogenated alkanes) is 2. The standard InChI is InChI=1S/C26H30ClN7S/c27-21-10-12-22(13-11-21)30-26(35)29-15-5-1-4-14-28-23-20-24(33-16-6-2-7-17-33)32-25(31-23)34-18-8-3-9-19-34/h2-3,6-13,16,18,20H,1,4-5,14-15,17,19H2,(H,28,31,32)(H2,29,30,35). The summed E-state index contributed by atoms with van der Waals surface area (Å²) in [4.78, 5) is 13.7. The van der Waals surface area contributed by atoms with E-state index in [2.05, 4.69) is 33.0 Å². The molecule has 4 rings (SSSR count). The highest BCUT2D eigenvalue weighted by atomic mass is 35.5. The molecular weight excluding hydrogens is 478 g/mol. The predicted molar refractivity (Wildman–Crippen MR) is 151 cm³/mol. The Morgan fingerprint density at radius 1 is 0.886 bits per heavy atom. The summed E-state index contributed by atoms with van der Waals surface area (Å²) in [5, 5.41) is 11.2. The monoisotopic (exact) mass is 507 g/mol. The Bertz CT molecular complexity index is 1060. The third-order valence-electron chi connectivity index (χ3n) is 5.43. The van der Waals surface area contributed by atoms with Crippen LogP contribution in [0.25, 0.3) is 0 Å². The summed E-state index contributed by atoms with van der Waals surface area (Å²) in [7, 11) is 0. The number of rotatable bonds is 10. The van der Waals surface area contributed by atoms with Gasteiger partial charge in [-0.25, -0.2) is 0 Å². The van der Waals surface area contributed by atoms with Gasteiger partial charge in [0.25, 0.3) is 0 Å². The van der Waals surface area contributed by atoms with E-state index in [0.717, 1.165) is 62.8 Å². The van der Waals surface area contributed by atoms with Crippen LogP contribution in [0.4, 0.5) is 23.3 Å². The fourth-order valence-electron chi connectivity index (χ4n) is 3.59. The second-order valence-corrected chi connectivity index (χ2v) is 8.98. The minimum atomic E-state index is 0.620. The maximum atomic E-state index is 5.92. The van der Waals surface area contributed by atoms with E-state index in [1.807, 2.05) is 71.9 Å². The molecule has 2 aliphatic rings. The van der Waals surface area contributed by atoms with Crippen molar-refractivity contribution in [3.63, 3.8) is 0 Å². The maximum absolute atomic E-state index is 5.92. The molecule has 0 spiro atoms. The summed E-state index contributed by atoms with van der Waals surface area (Å²) < 4.78 is 0. The quantitative estimate of drug-likeness (QED) is 0.288. The number of allylic oxidation sites excluding steroid dienone is 4. The minimum Gasteiger partial charge on any atom is -0.370 e. The Hall–Kier alpha value is -3.36. The van der Waals surface area contributed by atoms with E-state index < -0.39 is 0 Å². The van der Waals surface area contributed by atoms with Crippen molar-refractivity contribution >= 4 is 52.2 Å². The van der Waals surface area contributed by atoms with Crippen LogP contribution in [0.15, 0.2) is 79.2 Å². The third-order valence-corrected chi connectivity index (χ3v) is 5.93. The van der Waals surface area contributed by atoms with Gasteiger partial charge in [0, 0.05) is 55.4 Å². The normalized spacial score (nSPS) is 14.3. The van der Waals surface area contributed by atoms with Gasteiger partial charge in [0.1, 0.15) is 11.6 Å². The first-order valence-electron chi connectivity index (χ1n) is 11.8. The van der Waals surface area contributed by atoms with Crippen LogP contribution < -0.4 is 25.8 Å². The van der Waals surface area contributed by atoms with Crippen LogP contribution in [0.3, 0.4) is 0 Å². The van der Waals surface area contributed by atoms with Crippen molar-refractivity contribution in [1.82, 2.24) is 15.3 Å². The summed E-state index contributed by atoms with van der Waals surface area (Å²) in [5.74, 6) is 2.41. The largest absolute Gasteiger partial charge is 0.370 e. The van der Waals surface area contributed by atoms with Crippen LogP contribution in [0.2, 0.25) is 5.02 Å². The Labute approximate surface area is 217 Å². The summed E-state index contributed by atoms with van der Waals surface area (Å²) >= 11 is 11.3. The second kappa shape index (κ2) is 12.9. The maximum Gasteiger partial charge on any atom is 0.233 e. The minimum absolute atomic E-state index is 0.620. The Kier molecular flexibility index (Phi) is 9.14. The molecule has 0 aliphatic carbocycles. The molecule has 0 saturated carbocycles. The zero-order chi connectivity index (χ0) is 24.3. The second-order valence-electron chi connectivity index (χ2n) is 8.13. The van der Waals surface area contributed by atoms with Crippen LogP contribution >= 0.6 is 23.8 Å². The number of nitrogens with one attached hydrogen (secondary N) is 3. The molecule has 35 heavy (non-hydrogen) atoms. The van der Waals surface area contributed by atoms with Gasteiger partial charge in [0.05, 0.1) is 0 Å². The third kappa shape index (κ3) is 7.83. The molecule has 1 aromatic heterocycles. The number of aromatic nitrogens is 2. The Morgan fingerprint density at radius 3 is 2.31 bits per heavy atom. The number of thiocarbonyl (C=S) groups is 1. The van der Waals surface area contributed by atoms with Gasteiger partial charge in [-0.05, 0) is 67.9 Å². The van der Waals surface area contributed by atoms with Gasteiger partial charge in [-0.2, -0.15) is 9.97 Å². The molecule has 1 aromatic carbocycles. The number of anilines is 4. The van der Waals surface area contributed by atoms with Crippen molar-refractivity contribution in [1.29, 1.82) is 0 Å². The van der Waals surface area contributed by atoms with E-state index in [4.69, 9.17) is 33.8 Å². The first-order valence-corrected chi connectivity index (χ1v) is 12.6. The lowest BCUT2D eigenvalue weighted by atomic mass is 10.2. The average Bonchev–Trinajstić information content (AvgIpc) is 2.90. The van der Waals surface area contributed by atoms with Crippen LogP contribution in [-0.4, -0.2) is 41.3 Å². The van der Waals surface area contributed by atoms with Crippen LogP contribution in [-0.2, 0) is 0 Å². The van der Waals surface area contributed by atoms with Gasteiger partial charge >= 0.3 is 0 Å². The van der Waals surface area contributed by atoms with E-state index in [0.29, 0.717) is 16.1 Å². The highest BCUT2D eigenvalue weighted by Crippen LogP contribution is 2.23. The molecule has 0 atom stereocenters. The highest BCUT2D eigenvalue weighted by molar-refractivity contribution is 7.80. The molecule has 0 saturated heterocycles. The number of halogens is 1. The van der Waals surface area contributed by atoms with Crippen LogP contribution in [0.1, 0.15) is 19.3 Å². The molecule has 0 fully saturated rings. The summed E-state index contributed by atoms with van der Waals surface area (Å²) in [5.41, 5.74) is 0.923. The van der Waals surface area contributed by atoms with Crippen molar-refractivity contribution in [2.75, 3.05) is 46.6 Å². The zero-order valence-electron chi connectivity index (χ0n) is 19.5. The molecule has 0 unspecified atom stereocenters. The van der Waals surface area contributed by atoms with Crippen molar-refractivity contribution < 1.29 is 0 Å². The molecule has 182 valence electrons. The average molecular weight is 508 g/mol. The molecule has 9 heteroatoms. The molecule has 0 amide bonds. The lowest BCUT2D eigenvalue weighted by Crippen LogP contribution is -2.29.